The highest BCUT2D eigenvalue weighted by molar-refractivity contribution is 7.19. The van der Waals surface area contributed by atoms with Crippen molar-refractivity contribution in [3.05, 3.63) is 22.2 Å². The number of aromatic amines is 1. The molecule has 3 aliphatic rings. The molecule has 0 aromatic carbocycles. The largest absolute Gasteiger partial charge is 0.350 e. The van der Waals surface area contributed by atoms with Crippen molar-refractivity contribution in [3.8, 4) is 0 Å². The highest BCUT2D eigenvalue weighted by Crippen LogP contribution is 2.33. The molecule has 3 saturated heterocycles. The first kappa shape index (κ1) is 20.5. The molecule has 3 aliphatic heterocycles. The van der Waals surface area contributed by atoms with Crippen molar-refractivity contribution < 1.29 is 4.79 Å². The summed E-state index contributed by atoms with van der Waals surface area (Å²) in [5, 5.41) is 0. The number of hydrogen-bond donors (Lipinski definition) is 1. The number of nitrogens with zero attached hydrogens (tertiary/aromatic N) is 3. The molecular formula is C24H36N4OS. The fourth-order valence-electron chi connectivity index (χ4n) is 5.68. The summed E-state index contributed by atoms with van der Waals surface area (Å²) in [6.07, 6.45) is 10.3. The molecule has 5 heterocycles. The van der Waals surface area contributed by atoms with Gasteiger partial charge < -0.3 is 14.8 Å². The van der Waals surface area contributed by atoms with Gasteiger partial charge in [-0.3, -0.25) is 9.69 Å². The van der Waals surface area contributed by atoms with Crippen LogP contribution < -0.4 is 0 Å². The van der Waals surface area contributed by atoms with Gasteiger partial charge in [0.15, 0.2) is 0 Å². The Bertz CT molecular complexity index is 867. The van der Waals surface area contributed by atoms with Crippen LogP contribution in [0.25, 0.3) is 10.2 Å². The molecular weight excluding hydrogens is 392 g/mol. The number of carbonyl (C=O) groups excluding carboxylic acids is 1. The van der Waals surface area contributed by atoms with E-state index in [4.69, 9.17) is 0 Å². The van der Waals surface area contributed by atoms with Crippen molar-refractivity contribution in [2.75, 3.05) is 39.3 Å². The molecule has 5 nitrogen and oxygen atoms in total. The van der Waals surface area contributed by atoms with Gasteiger partial charge in [0.1, 0.15) is 5.69 Å². The molecule has 0 saturated carbocycles. The Morgan fingerprint density at radius 1 is 1.00 bits per heavy atom. The molecule has 5 rings (SSSR count). The normalized spacial score (nSPS) is 22.8. The summed E-state index contributed by atoms with van der Waals surface area (Å²) in [4.78, 5) is 25.5. The van der Waals surface area contributed by atoms with Crippen molar-refractivity contribution in [2.24, 2.45) is 0 Å². The zero-order chi connectivity index (χ0) is 20.5. The van der Waals surface area contributed by atoms with Gasteiger partial charge in [-0.1, -0.05) is 12.8 Å². The summed E-state index contributed by atoms with van der Waals surface area (Å²) in [5.41, 5.74) is 3.39. The van der Waals surface area contributed by atoms with Crippen LogP contribution in [0, 0.1) is 6.92 Å². The second kappa shape index (κ2) is 9.01. The van der Waals surface area contributed by atoms with Gasteiger partial charge in [0.2, 0.25) is 0 Å². The number of amides is 1. The Morgan fingerprint density at radius 3 is 2.37 bits per heavy atom. The van der Waals surface area contributed by atoms with Crippen LogP contribution in [0.1, 0.15) is 72.3 Å². The number of thiophene rings is 1. The van der Waals surface area contributed by atoms with Gasteiger partial charge in [0, 0.05) is 36.1 Å². The monoisotopic (exact) mass is 428 g/mol. The third kappa shape index (κ3) is 4.19. The zero-order valence-electron chi connectivity index (χ0n) is 18.4. The number of piperidine rings is 3. The first-order chi connectivity index (χ1) is 14.7. The summed E-state index contributed by atoms with van der Waals surface area (Å²) in [5.74, 6) is 0.192. The van der Waals surface area contributed by atoms with Crippen molar-refractivity contribution in [3.63, 3.8) is 0 Å². The van der Waals surface area contributed by atoms with E-state index in [-0.39, 0.29) is 5.91 Å². The summed E-state index contributed by atoms with van der Waals surface area (Å²) in [6.45, 7) is 9.95. The van der Waals surface area contributed by atoms with Gasteiger partial charge in [0.25, 0.3) is 5.91 Å². The number of fused-ring (bicyclic) bond motifs is 1. The van der Waals surface area contributed by atoms with Crippen molar-refractivity contribution in [2.45, 2.75) is 70.9 Å². The second-order valence-electron chi connectivity index (χ2n) is 9.52. The molecule has 0 spiro atoms. The Kier molecular flexibility index (Phi) is 6.17. The molecule has 0 bridgehead atoms. The van der Waals surface area contributed by atoms with Crippen molar-refractivity contribution >= 4 is 27.5 Å². The van der Waals surface area contributed by atoms with Gasteiger partial charge in [0.05, 0.1) is 10.2 Å². The van der Waals surface area contributed by atoms with Gasteiger partial charge in [-0.05, 0) is 77.7 Å². The van der Waals surface area contributed by atoms with E-state index in [2.05, 4.69) is 32.7 Å². The standard InChI is InChI=1S/C24H36N4OS/c1-18-20(17-26-10-4-2-5-11-26)23-22(30-18)16-21(25-23)24(29)28-14-8-19(9-15-28)27-12-6-3-7-13-27/h16,19,25H,2-15,17H2,1H3. The highest BCUT2D eigenvalue weighted by atomic mass is 32.1. The van der Waals surface area contributed by atoms with Crippen LogP contribution in [0.4, 0.5) is 0 Å². The predicted molar refractivity (Wildman–Crippen MR) is 124 cm³/mol. The van der Waals surface area contributed by atoms with Gasteiger partial charge >= 0.3 is 0 Å². The lowest BCUT2D eigenvalue weighted by Gasteiger charge is -2.40. The van der Waals surface area contributed by atoms with Crippen LogP contribution in [0.15, 0.2) is 6.07 Å². The van der Waals surface area contributed by atoms with Crippen LogP contribution in [-0.4, -0.2) is 70.9 Å². The molecule has 6 heteroatoms. The highest BCUT2D eigenvalue weighted by Gasteiger charge is 2.29. The SMILES string of the molecule is Cc1sc2cc(C(=O)N3CCC(N4CCCCC4)CC3)[nH]c2c1CN1CCCCC1. The van der Waals surface area contributed by atoms with E-state index in [0.29, 0.717) is 6.04 Å². The average molecular weight is 429 g/mol. The minimum Gasteiger partial charge on any atom is -0.350 e. The third-order valence-electron chi connectivity index (χ3n) is 7.49. The Labute approximate surface area is 184 Å². The molecule has 2 aromatic heterocycles. The van der Waals surface area contributed by atoms with E-state index in [1.54, 1.807) is 0 Å². The molecule has 3 fully saturated rings. The molecule has 2 aromatic rings. The number of rotatable bonds is 4. The number of carbonyl (C=O) groups is 1. The lowest BCUT2D eigenvalue weighted by atomic mass is 10.00. The molecule has 0 radical (unpaired) electrons. The van der Waals surface area contributed by atoms with E-state index in [9.17, 15) is 4.79 Å². The maximum Gasteiger partial charge on any atom is 0.270 e. The minimum atomic E-state index is 0.192. The van der Waals surface area contributed by atoms with Crippen molar-refractivity contribution in [1.82, 2.24) is 19.7 Å². The Balaban J connectivity index is 1.25. The summed E-state index contributed by atoms with van der Waals surface area (Å²) in [7, 11) is 0. The topological polar surface area (TPSA) is 42.6 Å². The molecule has 1 N–H and O–H groups in total. The fraction of sp³-hybridized carbons (Fsp3) is 0.708. The number of hydrogen-bond acceptors (Lipinski definition) is 4. The molecule has 30 heavy (non-hydrogen) atoms. The smallest absolute Gasteiger partial charge is 0.270 e. The number of likely N-dealkylation sites (tertiary alicyclic amines) is 3. The van der Waals surface area contributed by atoms with Gasteiger partial charge in [-0.15, -0.1) is 11.3 Å². The zero-order valence-corrected chi connectivity index (χ0v) is 19.2. The molecule has 0 atom stereocenters. The maximum absolute atomic E-state index is 13.2. The second-order valence-corrected chi connectivity index (χ2v) is 10.8. The fourth-order valence-corrected chi connectivity index (χ4v) is 6.75. The predicted octanol–water partition coefficient (Wildman–Crippen LogP) is 4.61. The van der Waals surface area contributed by atoms with E-state index in [0.717, 1.165) is 38.2 Å². The van der Waals surface area contributed by atoms with E-state index in [1.807, 2.05) is 11.3 Å². The maximum atomic E-state index is 13.2. The summed E-state index contributed by atoms with van der Waals surface area (Å²) in [6, 6.07) is 2.78. The van der Waals surface area contributed by atoms with Crippen LogP contribution >= 0.6 is 11.3 Å². The van der Waals surface area contributed by atoms with Gasteiger partial charge in [-0.2, -0.15) is 0 Å². The third-order valence-corrected chi connectivity index (χ3v) is 8.59. The Hall–Kier alpha value is -1.37. The molecule has 1 amide bonds. The summed E-state index contributed by atoms with van der Waals surface area (Å²) < 4.78 is 1.24. The van der Waals surface area contributed by atoms with E-state index in [1.165, 1.54) is 85.4 Å². The van der Waals surface area contributed by atoms with Gasteiger partial charge in [-0.25, -0.2) is 0 Å². The number of aryl methyl sites for hydroxylation is 1. The van der Waals surface area contributed by atoms with E-state index >= 15 is 0 Å². The summed E-state index contributed by atoms with van der Waals surface area (Å²) >= 11 is 1.84. The van der Waals surface area contributed by atoms with Crippen LogP contribution in [0.3, 0.4) is 0 Å². The first-order valence-corrected chi connectivity index (χ1v) is 12.9. The number of nitrogens with one attached hydrogen (secondary N) is 1. The molecule has 0 unspecified atom stereocenters. The van der Waals surface area contributed by atoms with Crippen LogP contribution in [0.2, 0.25) is 0 Å². The first-order valence-electron chi connectivity index (χ1n) is 12.1. The van der Waals surface area contributed by atoms with Crippen molar-refractivity contribution in [1.29, 1.82) is 0 Å². The van der Waals surface area contributed by atoms with E-state index < -0.39 is 0 Å². The minimum absolute atomic E-state index is 0.192. The Morgan fingerprint density at radius 2 is 1.67 bits per heavy atom. The number of aromatic nitrogens is 1. The van der Waals surface area contributed by atoms with Crippen LogP contribution in [0.5, 0.6) is 0 Å². The average Bonchev–Trinajstić information content (AvgIpc) is 3.33. The van der Waals surface area contributed by atoms with Crippen LogP contribution in [-0.2, 0) is 6.54 Å². The molecule has 164 valence electrons. The lowest BCUT2D eigenvalue weighted by Crippen LogP contribution is -2.48. The molecule has 0 aliphatic carbocycles. The number of H-pyrrole nitrogens is 1. The lowest BCUT2D eigenvalue weighted by molar-refractivity contribution is 0.0585. The quantitative estimate of drug-likeness (QED) is 0.773.